The molecule has 0 radical (unpaired) electrons. The second-order valence-corrected chi connectivity index (χ2v) is 5.61. The summed E-state index contributed by atoms with van der Waals surface area (Å²) in [4.78, 5) is 20.6. The molecule has 19 heavy (non-hydrogen) atoms. The molecule has 1 amide bonds. The molecule has 0 aromatic carbocycles. The lowest BCUT2D eigenvalue weighted by Gasteiger charge is -2.24. The van der Waals surface area contributed by atoms with Gasteiger partial charge in [0.05, 0.1) is 0 Å². The molecule has 1 aliphatic carbocycles. The molecule has 0 spiro atoms. The average Bonchev–Trinajstić information content (AvgIpc) is 3.21. The predicted octanol–water partition coefficient (Wildman–Crippen LogP) is 2.01. The van der Waals surface area contributed by atoms with Gasteiger partial charge in [-0.2, -0.15) is 0 Å². The molecule has 0 bridgehead atoms. The fourth-order valence-corrected chi connectivity index (χ4v) is 2.42. The molecule has 6 heteroatoms. The number of carbonyl (C=O) groups excluding carboxylic acids is 1. The molecule has 2 aliphatic rings. The monoisotopic (exact) mass is 280 g/mol. The predicted molar refractivity (Wildman–Crippen MR) is 73.4 cm³/mol. The van der Waals surface area contributed by atoms with E-state index in [-0.39, 0.29) is 11.9 Å². The summed E-state index contributed by atoms with van der Waals surface area (Å²) >= 11 is 6.15. The maximum Gasteiger partial charge on any atom is 0.242 e. The molecular formula is C13H17ClN4O. The molecule has 2 N–H and O–H groups in total. The van der Waals surface area contributed by atoms with Gasteiger partial charge in [0.25, 0.3) is 0 Å². The normalized spacial score (nSPS) is 23.1. The zero-order valence-corrected chi connectivity index (χ0v) is 11.6. The van der Waals surface area contributed by atoms with Gasteiger partial charge in [0, 0.05) is 18.0 Å². The molecule has 1 aromatic rings. The summed E-state index contributed by atoms with van der Waals surface area (Å²) in [6.45, 7) is 2.63. The van der Waals surface area contributed by atoms with Crippen molar-refractivity contribution in [2.45, 2.75) is 44.6 Å². The third kappa shape index (κ3) is 2.66. The van der Waals surface area contributed by atoms with E-state index in [0.717, 1.165) is 43.6 Å². The van der Waals surface area contributed by atoms with Crippen LogP contribution < -0.4 is 10.6 Å². The summed E-state index contributed by atoms with van der Waals surface area (Å²) in [5.41, 5.74) is 0.810. The van der Waals surface area contributed by atoms with E-state index in [1.54, 1.807) is 0 Å². The lowest BCUT2D eigenvalue weighted by atomic mass is 10.1. The van der Waals surface area contributed by atoms with E-state index in [9.17, 15) is 4.79 Å². The Balaban J connectivity index is 1.84. The largest absolute Gasteiger partial charge is 0.358 e. The molecular weight excluding hydrogens is 264 g/mol. The number of rotatable bonds is 3. The zero-order valence-electron chi connectivity index (χ0n) is 10.9. The van der Waals surface area contributed by atoms with Gasteiger partial charge in [-0.25, -0.2) is 9.97 Å². The third-order valence-electron chi connectivity index (χ3n) is 3.64. The van der Waals surface area contributed by atoms with E-state index in [4.69, 9.17) is 11.6 Å². The van der Waals surface area contributed by atoms with Crippen LogP contribution in [0.2, 0.25) is 5.15 Å². The van der Waals surface area contributed by atoms with Gasteiger partial charge in [-0.1, -0.05) is 11.6 Å². The first kappa shape index (κ1) is 12.7. The highest BCUT2D eigenvalue weighted by Gasteiger charge is 2.29. The number of anilines is 1. The van der Waals surface area contributed by atoms with Crippen molar-refractivity contribution in [1.29, 1.82) is 0 Å². The van der Waals surface area contributed by atoms with Gasteiger partial charge in [-0.3, -0.25) is 4.79 Å². The number of nitrogens with one attached hydrogen (secondary N) is 2. The molecule has 3 rings (SSSR count). The third-order valence-corrected chi connectivity index (χ3v) is 4.01. The van der Waals surface area contributed by atoms with Gasteiger partial charge >= 0.3 is 0 Å². The van der Waals surface area contributed by atoms with Crippen molar-refractivity contribution in [2.24, 2.45) is 0 Å². The summed E-state index contributed by atoms with van der Waals surface area (Å²) in [6.07, 6.45) is 4.06. The lowest BCUT2D eigenvalue weighted by Crippen LogP contribution is -2.44. The number of nitrogens with zero attached hydrogens (tertiary/aromatic N) is 2. The number of piperidine rings is 1. The lowest BCUT2D eigenvalue weighted by molar-refractivity contribution is -0.123. The number of carbonyl (C=O) groups is 1. The van der Waals surface area contributed by atoms with Crippen LogP contribution in [0.25, 0.3) is 0 Å². The highest BCUT2D eigenvalue weighted by molar-refractivity contribution is 6.30. The molecule has 1 aliphatic heterocycles. The van der Waals surface area contributed by atoms with E-state index in [2.05, 4.69) is 20.6 Å². The number of halogens is 1. The molecule has 2 heterocycles. The molecule has 1 unspecified atom stereocenters. The fourth-order valence-electron chi connectivity index (χ4n) is 2.24. The van der Waals surface area contributed by atoms with Gasteiger partial charge in [-0.15, -0.1) is 0 Å². The Bertz CT molecular complexity index is 516. The zero-order chi connectivity index (χ0) is 13.4. The summed E-state index contributed by atoms with van der Waals surface area (Å²) in [5.74, 6) is 1.98. The summed E-state index contributed by atoms with van der Waals surface area (Å²) in [7, 11) is 0. The second-order valence-electron chi connectivity index (χ2n) is 5.25. The van der Waals surface area contributed by atoms with Crippen LogP contribution in [0, 0.1) is 6.92 Å². The van der Waals surface area contributed by atoms with Crippen LogP contribution in [-0.4, -0.2) is 28.5 Å². The molecule has 1 saturated carbocycles. The van der Waals surface area contributed by atoms with Crippen molar-refractivity contribution in [1.82, 2.24) is 15.3 Å². The summed E-state index contributed by atoms with van der Waals surface area (Å²) in [6, 6.07) is -0.217. The topological polar surface area (TPSA) is 66.9 Å². The minimum absolute atomic E-state index is 0.0355. The Labute approximate surface area is 117 Å². The van der Waals surface area contributed by atoms with Gasteiger partial charge in [0.1, 0.15) is 22.8 Å². The minimum Gasteiger partial charge on any atom is -0.358 e. The Morgan fingerprint density at radius 3 is 2.79 bits per heavy atom. The number of hydrogen-bond donors (Lipinski definition) is 2. The Morgan fingerprint density at radius 1 is 1.32 bits per heavy atom. The van der Waals surface area contributed by atoms with Gasteiger partial charge < -0.3 is 10.6 Å². The van der Waals surface area contributed by atoms with E-state index in [0.29, 0.717) is 16.9 Å². The first-order valence-corrected chi connectivity index (χ1v) is 7.11. The first-order valence-electron chi connectivity index (χ1n) is 6.73. The van der Waals surface area contributed by atoms with Gasteiger partial charge in [0.2, 0.25) is 5.91 Å². The molecule has 1 saturated heterocycles. The molecule has 2 fully saturated rings. The van der Waals surface area contributed by atoms with Crippen LogP contribution in [0.4, 0.5) is 5.82 Å². The van der Waals surface area contributed by atoms with Crippen molar-refractivity contribution in [3.8, 4) is 0 Å². The number of amides is 1. The van der Waals surface area contributed by atoms with Crippen LogP contribution in [0.15, 0.2) is 0 Å². The van der Waals surface area contributed by atoms with E-state index < -0.39 is 0 Å². The van der Waals surface area contributed by atoms with Crippen LogP contribution in [0.5, 0.6) is 0 Å². The molecule has 1 aromatic heterocycles. The van der Waals surface area contributed by atoms with Crippen LogP contribution in [-0.2, 0) is 4.79 Å². The maximum atomic E-state index is 11.8. The average molecular weight is 281 g/mol. The quantitative estimate of drug-likeness (QED) is 0.831. The van der Waals surface area contributed by atoms with Crippen molar-refractivity contribution in [3.63, 3.8) is 0 Å². The molecule has 5 nitrogen and oxygen atoms in total. The van der Waals surface area contributed by atoms with E-state index in [1.807, 2.05) is 6.92 Å². The van der Waals surface area contributed by atoms with Crippen molar-refractivity contribution < 1.29 is 4.79 Å². The van der Waals surface area contributed by atoms with E-state index >= 15 is 0 Å². The molecule has 1 atom stereocenters. The summed E-state index contributed by atoms with van der Waals surface area (Å²) in [5, 5.41) is 6.56. The first-order chi connectivity index (χ1) is 9.15. The minimum atomic E-state index is -0.217. The van der Waals surface area contributed by atoms with E-state index in [1.165, 1.54) is 0 Å². The summed E-state index contributed by atoms with van der Waals surface area (Å²) < 4.78 is 0. The van der Waals surface area contributed by atoms with Gasteiger partial charge in [0.15, 0.2) is 0 Å². The number of aromatic nitrogens is 2. The highest BCUT2D eigenvalue weighted by Crippen LogP contribution is 2.39. The van der Waals surface area contributed by atoms with Crippen LogP contribution in [0.1, 0.15) is 43.0 Å². The van der Waals surface area contributed by atoms with Crippen molar-refractivity contribution >= 4 is 23.3 Å². The van der Waals surface area contributed by atoms with Gasteiger partial charge in [-0.05, 0) is 32.6 Å². The SMILES string of the molecule is Cc1c(Cl)nc(C2CC2)nc1NC1CCCNC1=O. The van der Waals surface area contributed by atoms with Crippen LogP contribution >= 0.6 is 11.6 Å². The standard InChI is InChI=1S/C13H17ClN4O/c1-7-10(14)17-12(8-4-5-8)18-11(7)16-9-3-2-6-15-13(9)19/h8-9H,2-6H2,1H3,(H,15,19)(H,16,17,18). The smallest absolute Gasteiger partial charge is 0.242 e. The fraction of sp³-hybridized carbons (Fsp3) is 0.615. The Hall–Kier alpha value is -1.36. The maximum absolute atomic E-state index is 11.8. The van der Waals surface area contributed by atoms with Crippen molar-refractivity contribution in [3.05, 3.63) is 16.5 Å². The molecule has 102 valence electrons. The number of hydrogen-bond acceptors (Lipinski definition) is 4. The van der Waals surface area contributed by atoms with Crippen LogP contribution in [0.3, 0.4) is 0 Å². The highest BCUT2D eigenvalue weighted by atomic mass is 35.5. The Kier molecular flexibility index (Phi) is 3.31. The Morgan fingerprint density at radius 2 is 2.11 bits per heavy atom. The second kappa shape index (κ2) is 4.96. The van der Waals surface area contributed by atoms with Crippen molar-refractivity contribution in [2.75, 3.05) is 11.9 Å².